The number of benzene rings is 2. The molecule has 5 nitrogen and oxygen atoms in total. The normalized spacial score (nSPS) is 11.3. The lowest BCUT2D eigenvalue weighted by atomic mass is 10.2. The molecule has 5 heteroatoms. The average Bonchev–Trinajstić information content (AvgIpc) is 2.79. The van der Waals surface area contributed by atoms with Crippen molar-refractivity contribution in [1.82, 2.24) is 19.8 Å². The first-order valence-corrected chi connectivity index (χ1v) is 10.9. The van der Waals surface area contributed by atoms with Gasteiger partial charge >= 0.3 is 0 Å². The molecule has 0 unspecified atom stereocenters. The highest BCUT2D eigenvalue weighted by Crippen LogP contribution is 2.16. The minimum atomic E-state index is 0.131. The lowest BCUT2D eigenvalue weighted by Gasteiger charge is -2.25. The second-order valence-electron chi connectivity index (χ2n) is 7.70. The van der Waals surface area contributed by atoms with Crippen LogP contribution < -0.4 is 0 Å². The molecule has 0 N–H and O–H groups in total. The van der Waals surface area contributed by atoms with Gasteiger partial charge < -0.3 is 4.90 Å². The number of carbonyl (C=O) groups excluding carboxylic acids is 1. The predicted molar refractivity (Wildman–Crippen MR) is 126 cm³/mol. The van der Waals surface area contributed by atoms with Gasteiger partial charge in [-0.15, -0.1) is 0 Å². The monoisotopic (exact) mass is 412 g/mol. The van der Waals surface area contributed by atoms with Crippen molar-refractivity contribution in [1.29, 1.82) is 0 Å². The Morgan fingerprint density at radius 1 is 0.710 bits per heavy atom. The zero-order valence-corrected chi connectivity index (χ0v) is 18.2. The van der Waals surface area contributed by atoms with E-state index in [1.165, 1.54) is 0 Å². The molecule has 0 fully saturated rings. The van der Waals surface area contributed by atoms with Crippen LogP contribution in [0, 0.1) is 0 Å². The number of rotatable bonds is 8. The summed E-state index contributed by atoms with van der Waals surface area (Å²) >= 11 is 0. The molecule has 0 aliphatic rings. The van der Waals surface area contributed by atoms with Crippen molar-refractivity contribution < 1.29 is 4.79 Å². The van der Waals surface area contributed by atoms with E-state index in [2.05, 4.69) is 29.2 Å². The second-order valence-corrected chi connectivity index (χ2v) is 7.70. The number of pyridine rings is 2. The number of hydrogen-bond acceptors (Lipinski definition) is 4. The van der Waals surface area contributed by atoms with Crippen molar-refractivity contribution in [3.05, 3.63) is 84.2 Å². The van der Waals surface area contributed by atoms with Crippen LogP contribution in [-0.4, -0.2) is 45.3 Å². The molecule has 2 aromatic heterocycles. The first kappa shape index (κ1) is 20.9. The van der Waals surface area contributed by atoms with Gasteiger partial charge in [-0.1, -0.05) is 48.5 Å². The number of fused-ring (bicyclic) bond motifs is 2. The number of para-hydroxylation sites is 2. The van der Waals surface area contributed by atoms with E-state index in [1.54, 1.807) is 0 Å². The van der Waals surface area contributed by atoms with Crippen molar-refractivity contribution in [2.75, 3.05) is 19.6 Å². The summed E-state index contributed by atoms with van der Waals surface area (Å²) in [5.74, 6) is 0.131. The fourth-order valence-electron chi connectivity index (χ4n) is 3.89. The molecular weight excluding hydrogens is 384 g/mol. The molecule has 2 heterocycles. The van der Waals surface area contributed by atoms with E-state index in [0.29, 0.717) is 32.7 Å². The maximum Gasteiger partial charge on any atom is 0.236 e. The molecule has 4 aromatic rings. The SMILES string of the molecule is CCN(CC)C(=O)CN(Cc1ccc2ccccc2n1)Cc1ccc2ccccc2n1. The summed E-state index contributed by atoms with van der Waals surface area (Å²) in [6.07, 6.45) is 0. The Morgan fingerprint density at radius 2 is 1.19 bits per heavy atom. The number of hydrogen-bond donors (Lipinski definition) is 0. The summed E-state index contributed by atoms with van der Waals surface area (Å²) in [6.45, 7) is 6.98. The molecule has 0 saturated heterocycles. The molecule has 158 valence electrons. The zero-order valence-electron chi connectivity index (χ0n) is 18.2. The van der Waals surface area contributed by atoms with Gasteiger partial charge in [-0.25, -0.2) is 0 Å². The van der Waals surface area contributed by atoms with Crippen LogP contribution in [0.1, 0.15) is 25.2 Å². The molecule has 2 aromatic carbocycles. The summed E-state index contributed by atoms with van der Waals surface area (Å²) in [6, 6.07) is 24.5. The van der Waals surface area contributed by atoms with Gasteiger partial charge in [0.25, 0.3) is 0 Å². The maximum absolute atomic E-state index is 12.9. The molecular formula is C26H28N4O. The largest absolute Gasteiger partial charge is 0.342 e. The minimum absolute atomic E-state index is 0.131. The van der Waals surface area contributed by atoms with Gasteiger partial charge in [0.2, 0.25) is 5.91 Å². The average molecular weight is 413 g/mol. The number of aromatic nitrogens is 2. The third-order valence-corrected chi connectivity index (χ3v) is 5.56. The van der Waals surface area contributed by atoms with Gasteiger partial charge in [-0.3, -0.25) is 19.7 Å². The fourth-order valence-corrected chi connectivity index (χ4v) is 3.89. The van der Waals surface area contributed by atoms with Crippen molar-refractivity contribution in [3.63, 3.8) is 0 Å². The van der Waals surface area contributed by atoms with Crippen LogP contribution in [0.5, 0.6) is 0 Å². The first-order valence-electron chi connectivity index (χ1n) is 10.9. The molecule has 0 aliphatic heterocycles. The van der Waals surface area contributed by atoms with Crippen molar-refractivity contribution in [2.24, 2.45) is 0 Å². The van der Waals surface area contributed by atoms with Crippen LogP contribution in [0.15, 0.2) is 72.8 Å². The highest BCUT2D eigenvalue weighted by molar-refractivity contribution is 5.79. The Kier molecular flexibility index (Phi) is 6.53. The molecule has 1 amide bonds. The lowest BCUT2D eigenvalue weighted by Crippen LogP contribution is -2.40. The van der Waals surface area contributed by atoms with Crippen LogP contribution in [0.25, 0.3) is 21.8 Å². The van der Waals surface area contributed by atoms with Gasteiger partial charge in [0.05, 0.1) is 29.0 Å². The quantitative estimate of drug-likeness (QED) is 0.423. The third kappa shape index (κ3) is 5.06. The highest BCUT2D eigenvalue weighted by Gasteiger charge is 2.17. The summed E-state index contributed by atoms with van der Waals surface area (Å²) in [5, 5.41) is 2.24. The molecule has 0 atom stereocenters. The van der Waals surface area contributed by atoms with Crippen LogP contribution in [0.2, 0.25) is 0 Å². The van der Waals surface area contributed by atoms with Crippen LogP contribution >= 0.6 is 0 Å². The molecule has 0 bridgehead atoms. The van der Waals surface area contributed by atoms with E-state index >= 15 is 0 Å². The van der Waals surface area contributed by atoms with Crippen LogP contribution in [0.4, 0.5) is 0 Å². The van der Waals surface area contributed by atoms with Crippen molar-refractivity contribution >= 4 is 27.7 Å². The number of amides is 1. The van der Waals surface area contributed by atoms with E-state index < -0.39 is 0 Å². The molecule has 31 heavy (non-hydrogen) atoms. The van der Waals surface area contributed by atoms with E-state index in [0.717, 1.165) is 33.2 Å². The predicted octanol–water partition coefficient (Wildman–Crippen LogP) is 4.65. The van der Waals surface area contributed by atoms with Gasteiger partial charge in [0.15, 0.2) is 0 Å². The number of nitrogens with zero attached hydrogens (tertiary/aromatic N) is 4. The summed E-state index contributed by atoms with van der Waals surface area (Å²) in [7, 11) is 0. The topological polar surface area (TPSA) is 49.3 Å². The Labute approximate surface area is 183 Å². The maximum atomic E-state index is 12.9. The van der Waals surface area contributed by atoms with E-state index in [9.17, 15) is 4.79 Å². The summed E-state index contributed by atoms with van der Waals surface area (Å²) in [5.41, 5.74) is 3.84. The lowest BCUT2D eigenvalue weighted by molar-refractivity contribution is -0.132. The van der Waals surface area contributed by atoms with Gasteiger partial charge in [-0.05, 0) is 38.1 Å². The third-order valence-electron chi connectivity index (χ3n) is 5.56. The Morgan fingerprint density at radius 3 is 1.68 bits per heavy atom. The van der Waals surface area contributed by atoms with E-state index in [-0.39, 0.29) is 5.91 Å². The number of carbonyl (C=O) groups is 1. The van der Waals surface area contributed by atoms with Crippen molar-refractivity contribution in [3.8, 4) is 0 Å². The Balaban J connectivity index is 1.59. The molecule has 0 radical (unpaired) electrons. The summed E-state index contributed by atoms with van der Waals surface area (Å²) in [4.78, 5) is 26.5. The van der Waals surface area contributed by atoms with Crippen molar-refractivity contribution in [2.45, 2.75) is 26.9 Å². The first-order chi connectivity index (χ1) is 15.2. The summed E-state index contributed by atoms with van der Waals surface area (Å²) < 4.78 is 0. The Hall–Kier alpha value is -3.31. The van der Waals surface area contributed by atoms with E-state index in [1.807, 2.05) is 67.3 Å². The fraction of sp³-hybridized carbons (Fsp3) is 0.269. The van der Waals surface area contributed by atoms with Gasteiger partial charge in [0.1, 0.15) is 0 Å². The van der Waals surface area contributed by atoms with Crippen LogP contribution in [0.3, 0.4) is 0 Å². The smallest absolute Gasteiger partial charge is 0.236 e. The van der Waals surface area contributed by atoms with Gasteiger partial charge in [0, 0.05) is 37.0 Å². The molecule has 0 aliphatic carbocycles. The second kappa shape index (κ2) is 9.67. The molecule has 0 saturated carbocycles. The Bertz CT molecular complexity index is 1100. The van der Waals surface area contributed by atoms with Gasteiger partial charge in [-0.2, -0.15) is 0 Å². The zero-order chi connectivity index (χ0) is 21.6. The molecule has 0 spiro atoms. The molecule has 4 rings (SSSR count). The number of likely N-dealkylation sites (N-methyl/N-ethyl adjacent to an activating group) is 1. The van der Waals surface area contributed by atoms with Crippen LogP contribution in [-0.2, 0) is 17.9 Å². The van der Waals surface area contributed by atoms with E-state index in [4.69, 9.17) is 9.97 Å². The minimum Gasteiger partial charge on any atom is -0.342 e. The highest BCUT2D eigenvalue weighted by atomic mass is 16.2. The standard InChI is InChI=1S/C26H28N4O/c1-3-30(4-2)26(31)19-29(17-22-15-13-20-9-5-7-11-24(20)27-22)18-23-16-14-21-10-6-8-12-25(21)28-23/h5-16H,3-4,17-19H2,1-2H3.